The van der Waals surface area contributed by atoms with Gasteiger partial charge in [0.25, 0.3) is 5.56 Å². The Morgan fingerprint density at radius 2 is 1.97 bits per heavy atom. The van der Waals surface area contributed by atoms with Gasteiger partial charge < -0.3 is 19.6 Å². The van der Waals surface area contributed by atoms with E-state index in [1.807, 2.05) is 18.2 Å². The van der Waals surface area contributed by atoms with Crippen LogP contribution in [0.25, 0.3) is 10.9 Å². The molecule has 1 saturated heterocycles. The Hall–Kier alpha value is -3.48. The van der Waals surface area contributed by atoms with Gasteiger partial charge >= 0.3 is 0 Å². The van der Waals surface area contributed by atoms with Crippen LogP contribution in [0.2, 0.25) is 0 Å². The molecule has 0 atom stereocenters. The predicted molar refractivity (Wildman–Crippen MR) is 120 cm³/mol. The number of aliphatic hydroxyl groups is 1. The van der Waals surface area contributed by atoms with E-state index in [0.717, 1.165) is 55.4 Å². The van der Waals surface area contributed by atoms with Crippen LogP contribution in [0.5, 0.6) is 0 Å². The number of nitriles is 1. The molecule has 3 aromatic rings. The third-order valence-corrected chi connectivity index (χ3v) is 6.13. The summed E-state index contributed by atoms with van der Waals surface area (Å²) in [4.78, 5) is 26.2. The predicted octanol–water partition coefficient (Wildman–Crippen LogP) is 1.05. The number of ether oxygens (including phenoxy) is 1. The van der Waals surface area contributed by atoms with Crippen molar-refractivity contribution in [1.29, 1.82) is 5.26 Å². The highest BCUT2D eigenvalue weighted by Crippen LogP contribution is 2.27. The number of rotatable bonds is 4. The van der Waals surface area contributed by atoms with Gasteiger partial charge in [0, 0.05) is 43.9 Å². The molecule has 2 aromatic heterocycles. The highest BCUT2D eigenvalue weighted by molar-refractivity contribution is 5.81. The fraction of sp³-hybridized carbons (Fsp3) is 0.391. The second-order valence-corrected chi connectivity index (χ2v) is 8.02. The topological polar surface area (TPSA) is 108 Å². The molecule has 0 aliphatic carbocycles. The number of pyridine rings is 1. The molecule has 9 nitrogen and oxygen atoms in total. The van der Waals surface area contributed by atoms with Crippen molar-refractivity contribution in [2.24, 2.45) is 0 Å². The number of fused-ring (bicyclic) bond motifs is 2. The standard InChI is InChI=1S/C23H24N6O3/c24-13-16-11-17-14-32-10-3-20(17)26-22(16)28-6-4-27(5-7-28)18-1-2-19-21(12-18)25-15-29(8-9-30)23(19)31/h1-2,11-12,15,30H,3-10,14H2. The number of aromatic nitrogens is 3. The molecule has 0 amide bonds. The van der Waals surface area contributed by atoms with Crippen LogP contribution < -0.4 is 15.4 Å². The monoisotopic (exact) mass is 432 g/mol. The van der Waals surface area contributed by atoms with E-state index in [1.165, 1.54) is 10.9 Å². The van der Waals surface area contributed by atoms with Crippen LogP contribution in [-0.2, 0) is 24.3 Å². The quantitative estimate of drug-likeness (QED) is 0.652. The van der Waals surface area contributed by atoms with Crippen molar-refractivity contribution in [2.75, 3.05) is 49.2 Å². The highest BCUT2D eigenvalue weighted by Gasteiger charge is 2.23. The molecule has 164 valence electrons. The fourth-order valence-electron chi connectivity index (χ4n) is 4.38. The van der Waals surface area contributed by atoms with E-state index < -0.39 is 0 Å². The van der Waals surface area contributed by atoms with E-state index in [4.69, 9.17) is 14.8 Å². The van der Waals surface area contributed by atoms with Crippen LogP contribution in [0.4, 0.5) is 11.5 Å². The summed E-state index contributed by atoms with van der Waals surface area (Å²) < 4.78 is 6.92. The first kappa shape index (κ1) is 20.4. The molecule has 1 fully saturated rings. The van der Waals surface area contributed by atoms with Crippen molar-refractivity contribution in [3.05, 3.63) is 57.8 Å². The maximum Gasteiger partial charge on any atom is 0.261 e. The average molecular weight is 432 g/mol. The van der Waals surface area contributed by atoms with E-state index in [1.54, 1.807) is 6.07 Å². The average Bonchev–Trinajstić information content (AvgIpc) is 2.85. The minimum absolute atomic E-state index is 0.101. The van der Waals surface area contributed by atoms with E-state index in [0.29, 0.717) is 29.7 Å². The largest absolute Gasteiger partial charge is 0.395 e. The Morgan fingerprint density at radius 3 is 2.75 bits per heavy atom. The Morgan fingerprint density at radius 1 is 1.16 bits per heavy atom. The zero-order chi connectivity index (χ0) is 22.1. The molecular weight excluding hydrogens is 408 g/mol. The molecule has 2 aliphatic rings. The molecule has 0 radical (unpaired) electrons. The Bertz CT molecular complexity index is 1260. The van der Waals surface area contributed by atoms with E-state index in [2.05, 4.69) is 20.9 Å². The lowest BCUT2D eigenvalue weighted by Gasteiger charge is -2.37. The molecule has 1 aromatic carbocycles. The number of piperazine rings is 1. The molecule has 1 N–H and O–H groups in total. The second-order valence-electron chi connectivity index (χ2n) is 8.02. The molecule has 9 heteroatoms. The molecule has 0 unspecified atom stereocenters. The first-order valence-electron chi connectivity index (χ1n) is 10.8. The summed E-state index contributed by atoms with van der Waals surface area (Å²) in [6.45, 7) is 4.38. The Balaban J connectivity index is 1.35. The van der Waals surface area contributed by atoms with Gasteiger partial charge in [0.2, 0.25) is 0 Å². The van der Waals surface area contributed by atoms with Crippen LogP contribution in [-0.4, -0.2) is 59.0 Å². The lowest BCUT2D eigenvalue weighted by Crippen LogP contribution is -2.47. The Labute approximate surface area is 185 Å². The van der Waals surface area contributed by atoms with Gasteiger partial charge in [0.1, 0.15) is 11.9 Å². The van der Waals surface area contributed by atoms with Gasteiger partial charge in [-0.15, -0.1) is 0 Å². The number of anilines is 2. The van der Waals surface area contributed by atoms with E-state index >= 15 is 0 Å². The van der Waals surface area contributed by atoms with Crippen molar-refractivity contribution in [1.82, 2.24) is 14.5 Å². The van der Waals surface area contributed by atoms with Gasteiger partial charge in [-0.25, -0.2) is 9.97 Å². The van der Waals surface area contributed by atoms with Gasteiger partial charge in [0.05, 0.1) is 54.9 Å². The molecule has 5 rings (SSSR count). The van der Waals surface area contributed by atoms with Gasteiger partial charge in [-0.2, -0.15) is 5.26 Å². The third kappa shape index (κ3) is 3.68. The summed E-state index contributed by atoms with van der Waals surface area (Å²) >= 11 is 0. The first-order chi connectivity index (χ1) is 15.7. The van der Waals surface area contributed by atoms with Crippen molar-refractivity contribution in [2.45, 2.75) is 19.6 Å². The van der Waals surface area contributed by atoms with Crippen LogP contribution in [0.15, 0.2) is 35.4 Å². The zero-order valence-electron chi connectivity index (χ0n) is 17.7. The van der Waals surface area contributed by atoms with Gasteiger partial charge in [-0.1, -0.05) is 0 Å². The van der Waals surface area contributed by atoms with Crippen molar-refractivity contribution in [3.63, 3.8) is 0 Å². The maximum atomic E-state index is 12.5. The Kier molecular flexibility index (Phi) is 5.47. The molecule has 2 aliphatic heterocycles. The molecular formula is C23H24N6O3. The number of hydrogen-bond acceptors (Lipinski definition) is 8. The summed E-state index contributed by atoms with van der Waals surface area (Å²) in [5.41, 5.74) is 4.15. The minimum Gasteiger partial charge on any atom is -0.395 e. The summed E-state index contributed by atoms with van der Waals surface area (Å²) in [6.07, 6.45) is 2.26. The zero-order valence-corrected chi connectivity index (χ0v) is 17.7. The van der Waals surface area contributed by atoms with E-state index in [-0.39, 0.29) is 18.7 Å². The van der Waals surface area contributed by atoms with Crippen LogP contribution in [0, 0.1) is 11.3 Å². The number of nitrogens with zero attached hydrogens (tertiary/aromatic N) is 6. The molecule has 0 saturated carbocycles. The fourth-order valence-corrected chi connectivity index (χ4v) is 4.38. The van der Waals surface area contributed by atoms with Crippen molar-refractivity contribution < 1.29 is 9.84 Å². The number of aliphatic hydroxyl groups excluding tert-OH is 1. The third-order valence-electron chi connectivity index (χ3n) is 6.13. The molecule has 0 spiro atoms. The highest BCUT2D eigenvalue weighted by atomic mass is 16.5. The van der Waals surface area contributed by atoms with Crippen molar-refractivity contribution in [3.8, 4) is 6.07 Å². The summed E-state index contributed by atoms with van der Waals surface area (Å²) in [7, 11) is 0. The second kappa shape index (κ2) is 8.57. The SMILES string of the molecule is N#Cc1cc2c(nc1N1CCN(c3ccc4c(=O)n(CCO)cnc4c3)CC1)CCOC2. The lowest BCUT2D eigenvalue weighted by atomic mass is 10.1. The maximum absolute atomic E-state index is 12.5. The van der Waals surface area contributed by atoms with Gasteiger partial charge in [0.15, 0.2) is 0 Å². The smallest absolute Gasteiger partial charge is 0.261 e. The van der Waals surface area contributed by atoms with Crippen molar-refractivity contribution >= 4 is 22.4 Å². The van der Waals surface area contributed by atoms with Crippen LogP contribution in [0.3, 0.4) is 0 Å². The molecule has 4 heterocycles. The minimum atomic E-state index is -0.145. The first-order valence-corrected chi connectivity index (χ1v) is 10.8. The summed E-state index contributed by atoms with van der Waals surface area (Å²) in [5, 5.41) is 19.3. The normalized spacial score (nSPS) is 16.1. The van der Waals surface area contributed by atoms with Crippen LogP contribution in [0.1, 0.15) is 16.8 Å². The molecule has 0 bridgehead atoms. The number of benzene rings is 1. The van der Waals surface area contributed by atoms with Gasteiger partial charge in [-0.05, 0) is 24.3 Å². The van der Waals surface area contributed by atoms with E-state index in [9.17, 15) is 10.1 Å². The molecule has 32 heavy (non-hydrogen) atoms. The number of hydrogen-bond donors (Lipinski definition) is 1. The summed E-state index contributed by atoms with van der Waals surface area (Å²) in [5.74, 6) is 0.761. The van der Waals surface area contributed by atoms with Crippen LogP contribution >= 0.6 is 0 Å². The van der Waals surface area contributed by atoms with Gasteiger partial charge in [-0.3, -0.25) is 9.36 Å². The summed E-state index contributed by atoms with van der Waals surface area (Å²) in [6, 6.07) is 9.91. The lowest BCUT2D eigenvalue weighted by molar-refractivity contribution is 0.109.